The molecule has 0 saturated carbocycles. The summed E-state index contributed by atoms with van der Waals surface area (Å²) in [6.45, 7) is 5.52. The predicted octanol–water partition coefficient (Wildman–Crippen LogP) is 3.50. The van der Waals surface area contributed by atoms with E-state index in [1.807, 2.05) is 30.3 Å². The van der Waals surface area contributed by atoms with Gasteiger partial charge in [0.05, 0.1) is 7.11 Å². The highest BCUT2D eigenvalue weighted by atomic mass is 16.5. The van der Waals surface area contributed by atoms with Crippen molar-refractivity contribution < 1.29 is 9.53 Å². The Hall–Kier alpha value is -1.77. The van der Waals surface area contributed by atoms with Gasteiger partial charge in [-0.15, -0.1) is 0 Å². The fourth-order valence-electron chi connectivity index (χ4n) is 3.83. The van der Waals surface area contributed by atoms with Crippen molar-refractivity contribution in [3.05, 3.63) is 35.9 Å². The Balaban J connectivity index is 2.02. The van der Waals surface area contributed by atoms with Crippen molar-refractivity contribution in [1.82, 2.24) is 4.90 Å². The topological polar surface area (TPSA) is 29.5 Å². The number of hydrogen-bond donors (Lipinski definition) is 0. The maximum Gasteiger partial charge on any atom is 0.160 e. The maximum atomic E-state index is 12.3. The van der Waals surface area contributed by atoms with E-state index < -0.39 is 0 Å². The van der Waals surface area contributed by atoms with Gasteiger partial charge in [-0.05, 0) is 48.6 Å². The first kappa shape index (κ1) is 14.2. The number of ketones is 1. The van der Waals surface area contributed by atoms with Gasteiger partial charge in [0.15, 0.2) is 5.78 Å². The third kappa shape index (κ3) is 2.25. The molecule has 3 nitrogen and oxygen atoms in total. The first-order valence-electron chi connectivity index (χ1n) is 7.73. The molecule has 0 spiro atoms. The number of carbonyl (C=O) groups is 1. The molecule has 112 valence electrons. The summed E-state index contributed by atoms with van der Waals surface area (Å²) in [6.07, 6.45) is 4.76. The molecule has 0 bridgehead atoms. The highest BCUT2D eigenvalue weighted by Gasteiger charge is 2.47. The molecule has 0 aromatic heterocycles. The van der Waals surface area contributed by atoms with Crippen LogP contribution in [0.2, 0.25) is 0 Å². The third-order valence-corrected chi connectivity index (χ3v) is 5.06. The Bertz CT molecular complexity index is 573. The van der Waals surface area contributed by atoms with Gasteiger partial charge >= 0.3 is 0 Å². The number of rotatable bonds is 3. The number of carbonyl (C=O) groups excluding carboxylic acids is 1. The van der Waals surface area contributed by atoms with Crippen molar-refractivity contribution in [1.29, 1.82) is 0 Å². The molecule has 0 unspecified atom stereocenters. The van der Waals surface area contributed by atoms with Crippen LogP contribution in [0.1, 0.15) is 38.7 Å². The van der Waals surface area contributed by atoms with Crippen molar-refractivity contribution in [3.63, 3.8) is 0 Å². The number of hydrogen-bond acceptors (Lipinski definition) is 3. The van der Waals surface area contributed by atoms with E-state index in [4.69, 9.17) is 4.74 Å². The van der Waals surface area contributed by atoms with E-state index in [2.05, 4.69) is 18.7 Å². The van der Waals surface area contributed by atoms with Crippen LogP contribution in [0.5, 0.6) is 5.75 Å². The summed E-state index contributed by atoms with van der Waals surface area (Å²) in [7, 11) is 1.67. The minimum Gasteiger partial charge on any atom is -0.497 e. The molecule has 0 radical (unpaired) electrons. The van der Waals surface area contributed by atoms with Crippen LogP contribution in [0.25, 0.3) is 5.70 Å². The Labute approximate surface area is 126 Å². The van der Waals surface area contributed by atoms with Crippen LogP contribution in [-0.2, 0) is 4.79 Å². The molecule has 3 heteroatoms. The molecular formula is C18H23NO2. The van der Waals surface area contributed by atoms with Crippen molar-refractivity contribution in [2.75, 3.05) is 13.7 Å². The fourth-order valence-corrected chi connectivity index (χ4v) is 3.83. The zero-order valence-corrected chi connectivity index (χ0v) is 13.1. The lowest BCUT2D eigenvalue weighted by molar-refractivity contribution is -0.118. The van der Waals surface area contributed by atoms with Crippen molar-refractivity contribution >= 4 is 11.5 Å². The average molecular weight is 285 g/mol. The second-order valence-electron chi connectivity index (χ2n) is 6.41. The molecule has 1 atom stereocenters. The minimum absolute atomic E-state index is 0.0150. The van der Waals surface area contributed by atoms with Crippen LogP contribution in [-0.4, -0.2) is 29.9 Å². The van der Waals surface area contributed by atoms with E-state index in [1.165, 1.54) is 6.42 Å². The van der Waals surface area contributed by atoms with Gasteiger partial charge < -0.3 is 9.64 Å². The molecule has 21 heavy (non-hydrogen) atoms. The predicted molar refractivity (Wildman–Crippen MR) is 84.1 cm³/mol. The highest BCUT2D eigenvalue weighted by molar-refractivity contribution is 5.99. The standard InChI is InChI=1S/C18H23NO2/c1-13(2)18-9-4-10-19(18)17(11-15(20)12-18)14-5-7-16(21-3)8-6-14/h5-8,11,13H,4,9-10,12H2,1-3H3/t18-/m1/s1. The van der Waals surface area contributed by atoms with Crippen LogP contribution in [0.3, 0.4) is 0 Å². The zero-order valence-electron chi connectivity index (χ0n) is 13.1. The van der Waals surface area contributed by atoms with Crippen molar-refractivity contribution in [2.24, 2.45) is 5.92 Å². The van der Waals surface area contributed by atoms with E-state index in [-0.39, 0.29) is 11.3 Å². The summed E-state index contributed by atoms with van der Waals surface area (Å²) in [4.78, 5) is 14.8. The molecule has 1 aromatic carbocycles. The van der Waals surface area contributed by atoms with E-state index >= 15 is 0 Å². The number of fused-ring (bicyclic) bond motifs is 1. The Morgan fingerprint density at radius 2 is 1.95 bits per heavy atom. The zero-order chi connectivity index (χ0) is 15.0. The Morgan fingerprint density at radius 3 is 2.57 bits per heavy atom. The summed E-state index contributed by atoms with van der Waals surface area (Å²) in [6, 6.07) is 8.02. The summed E-state index contributed by atoms with van der Waals surface area (Å²) < 4.78 is 5.22. The number of methoxy groups -OCH3 is 1. The van der Waals surface area contributed by atoms with Crippen LogP contribution < -0.4 is 4.74 Å². The summed E-state index contributed by atoms with van der Waals surface area (Å²) in [5.41, 5.74) is 2.21. The average Bonchev–Trinajstić information content (AvgIpc) is 2.91. The maximum absolute atomic E-state index is 12.3. The largest absolute Gasteiger partial charge is 0.497 e. The normalized spacial score (nSPS) is 25.0. The number of benzene rings is 1. The van der Waals surface area contributed by atoms with Crippen LogP contribution in [0.4, 0.5) is 0 Å². The second kappa shape index (κ2) is 5.21. The SMILES string of the molecule is COc1ccc(C2=CC(=O)C[C@@]3(C(C)C)CCCN23)cc1. The Morgan fingerprint density at radius 1 is 1.24 bits per heavy atom. The molecule has 2 aliphatic heterocycles. The van der Waals surface area contributed by atoms with Gasteiger partial charge in [0.2, 0.25) is 0 Å². The summed E-state index contributed by atoms with van der Waals surface area (Å²) >= 11 is 0. The minimum atomic E-state index is 0.0150. The molecule has 2 heterocycles. The molecule has 3 rings (SSSR count). The van der Waals surface area contributed by atoms with Gasteiger partial charge in [-0.25, -0.2) is 0 Å². The number of allylic oxidation sites excluding steroid dienone is 1. The van der Waals surface area contributed by atoms with E-state index in [1.54, 1.807) is 7.11 Å². The van der Waals surface area contributed by atoms with Crippen molar-refractivity contribution in [3.8, 4) is 5.75 Å². The summed E-state index contributed by atoms with van der Waals surface area (Å²) in [5, 5.41) is 0. The van der Waals surface area contributed by atoms with Gasteiger partial charge in [-0.3, -0.25) is 4.79 Å². The second-order valence-corrected chi connectivity index (χ2v) is 6.41. The van der Waals surface area contributed by atoms with Gasteiger partial charge in [0.25, 0.3) is 0 Å². The lowest BCUT2D eigenvalue weighted by atomic mass is 9.77. The molecule has 0 amide bonds. The van der Waals surface area contributed by atoms with E-state index in [9.17, 15) is 4.79 Å². The van der Waals surface area contributed by atoms with Gasteiger partial charge in [-0.2, -0.15) is 0 Å². The fraction of sp³-hybridized carbons (Fsp3) is 0.500. The van der Waals surface area contributed by atoms with E-state index in [0.29, 0.717) is 12.3 Å². The smallest absolute Gasteiger partial charge is 0.160 e. The first-order valence-corrected chi connectivity index (χ1v) is 7.73. The molecule has 0 N–H and O–H groups in total. The monoisotopic (exact) mass is 285 g/mol. The molecule has 1 fully saturated rings. The number of ether oxygens (including phenoxy) is 1. The van der Waals surface area contributed by atoms with Crippen LogP contribution >= 0.6 is 0 Å². The van der Waals surface area contributed by atoms with Crippen LogP contribution in [0.15, 0.2) is 30.3 Å². The molecule has 1 saturated heterocycles. The molecular weight excluding hydrogens is 262 g/mol. The molecule has 0 aliphatic carbocycles. The lowest BCUT2D eigenvalue weighted by Crippen LogP contribution is -2.50. The molecule has 1 aromatic rings. The first-order chi connectivity index (χ1) is 10.1. The molecule has 2 aliphatic rings. The van der Waals surface area contributed by atoms with Gasteiger partial charge in [-0.1, -0.05) is 13.8 Å². The lowest BCUT2D eigenvalue weighted by Gasteiger charge is -2.46. The van der Waals surface area contributed by atoms with Gasteiger partial charge in [0, 0.05) is 30.3 Å². The van der Waals surface area contributed by atoms with Crippen LogP contribution in [0, 0.1) is 5.92 Å². The Kier molecular flexibility index (Phi) is 3.52. The van der Waals surface area contributed by atoms with E-state index in [0.717, 1.165) is 30.0 Å². The quantitative estimate of drug-likeness (QED) is 0.851. The van der Waals surface area contributed by atoms with Crippen molar-refractivity contribution in [2.45, 2.75) is 38.6 Å². The van der Waals surface area contributed by atoms with Gasteiger partial charge in [0.1, 0.15) is 5.75 Å². The summed E-state index contributed by atoms with van der Waals surface area (Å²) in [5.74, 6) is 1.58. The third-order valence-electron chi connectivity index (χ3n) is 5.06. The number of nitrogens with zero attached hydrogens (tertiary/aromatic N) is 1. The highest BCUT2D eigenvalue weighted by Crippen LogP contribution is 2.46.